The Morgan fingerprint density at radius 2 is 1.19 bits per heavy atom. The predicted octanol–water partition coefficient (Wildman–Crippen LogP) is 6.83. The van der Waals surface area contributed by atoms with Crippen LogP contribution in [-0.2, 0) is 13.2 Å². The molecule has 0 fully saturated rings. The van der Waals surface area contributed by atoms with Crippen molar-refractivity contribution >= 4 is 23.5 Å². The van der Waals surface area contributed by atoms with E-state index in [1.54, 1.807) is 48.5 Å². The molecular weight excluding hydrogens is 460 g/mol. The number of benzene rings is 4. The van der Waals surface area contributed by atoms with Gasteiger partial charge in [0.05, 0.1) is 21.0 Å². The van der Waals surface area contributed by atoms with E-state index in [0.29, 0.717) is 22.6 Å². The minimum absolute atomic E-state index is 0.0000479. The lowest BCUT2D eigenvalue weighted by Gasteiger charge is -2.13. The highest BCUT2D eigenvalue weighted by atomic mass is 16.6. The molecule has 0 N–H and O–H groups in total. The number of hydrogen-bond acceptors (Lipinski definition) is 6. The lowest BCUT2D eigenvalue weighted by atomic mass is 10.1. The molecule has 0 aliphatic rings. The molecule has 0 heterocycles. The lowest BCUT2D eigenvalue weighted by Crippen LogP contribution is -2.03. The standard InChI is InChI=1S/C28H22N2O6/c31-29(32)26-12-6-4-10-23(26)19-35-25-17-16-22(15-14-21-8-2-1-3-9-21)28(18-25)36-20-24-11-5-7-13-27(24)30(33)34/h1-18H,19-20H2. The molecule has 8 nitrogen and oxygen atoms in total. The lowest BCUT2D eigenvalue weighted by molar-refractivity contribution is -0.386. The third kappa shape index (κ3) is 6.12. The van der Waals surface area contributed by atoms with Gasteiger partial charge < -0.3 is 9.47 Å². The number of nitro benzene ring substituents is 2. The Hall–Kier alpha value is -4.98. The smallest absolute Gasteiger partial charge is 0.276 e. The summed E-state index contributed by atoms with van der Waals surface area (Å²) >= 11 is 0. The second kappa shape index (κ2) is 11.4. The fourth-order valence-electron chi connectivity index (χ4n) is 3.56. The van der Waals surface area contributed by atoms with E-state index >= 15 is 0 Å². The summed E-state index contributed by atoms with van der Waals surface area (Å²) in [6.45, 7) is -0.0170. The summed E-state index contributed by atoms with van der Waals surface area (Å²) in [4.78, 5) is 21.8. The Morgan fingerprint density at radius 3 is 1.81 bits per heavy atom. The van der Waals surface area contributed by atoms with E-state index < -0.39 is 9.85 Å². The maximum absolute atomic E-state index is 11.4. The van der Waals surface area contributed by atoms with Gasteiger partial charge in [0.25, 0.3) is 11.4 Å². The molecule has 180 valence electrons. The molecule has 0 spiro atoms. The first kappa shape index (κ1) is 24.2. The third-order valence-electron chi connectivity index (χ3n) is 5.39. The van der Waals surface area contributed by atoms with Crippen molar-refractivity contribution < 1.29 is 19.3 Å². The highest BCUT2D eigenvalue weighted by Crippen LogP contribution is 2.30. The molecule has 4 rings (SSSR count). The SMILES string of the molecule is O=[N+]([O-])c1ccccc1COc1ccc(C=Cc2ccccc2)c(OCc2ccccc2[N+](=O)[O-])c1. The van der Waals surface area contributed by atoms with E-state index in [-0.39, 0.29) is 24.6 Å². The fourth-order valence-corrected chi connectivity index (χ4v) is 3.56. The van der Waals surface area contributed by atoms with E-state index in [0.717, 1.165) is 11.1 Å². The molecular formula is C28H22N2O6. The van der Waals surface area contributed by atoms with Gasteiger partial charge in [0.1, 0.15) is 24.7 Å². The number of para-hydroxylation sites is 2. The molecule has 0 aliphatic carbocycles. The second-order valence-electron chi connectivity index (χ2n) is 7.79. The van der Waals surface area contributed by atoms with Gasteiger partial charge in [-0.25, -0.2) is 0 Å². The molecule has 0 unspecified atom stereocenters. The van der Waals surface area contributed by atoms with Crippen LogP contribution in [0.4, 0.5) is 11.4 Å². The maximum atomic E-state index is 11.4. The minimum Gasteiger partial charge on any atom is -0.489 e. The topological polar surface area (TPSA) is 105 Å². The van der Waals surface area contributed by atoms with Crippen molar-refractivity contribution in [1.82, 2.24) is 0 Å². The maximum Gasteiger partial charge on any atom is 0.276 e. The molecule has 0 radical (unpaired) electrons. The van der Waals surface area contributed by atoms with E-state index in [1.807, 2.05) is 48.6 Å². The highest BCUT2D eigenvalue weighted by molar-refractivity contribution is 5.73. The highest BCUT2D eigenvalue weighted by Gasteiger charge is 2.15. The average Bonchev–Trinajstić information content (AvgIpc) is 2.90. The van der Waals surface area contributed by atoms with Crippen molar-refractivity contribution in [2.45, 2.75) is 13.2 Å². The molecule has 0 bridgehead atoms. The average molecular weight is 482 g/mol. The Labute approximate surface area is 207 Å². The van der Waals surface area contributed by atoms with Crippen LogP contribution in [0.25, 0.3) is 12.2 Å². The second-order valence-corrected chi connectivity index (χ2v) is 7.79. The van der Waals surface area contributed by atoms with Gasteiger partial charge in [0, 0.05) is 23.8 Å². The number of nitrogens with zero attached hydrogens (tertiary/aromatic N) is 2. The molecule has 0 aromatic heterocycles. The zero-order valence-corrected chi connectivity index (χ0v) is 19.2. The Bertz CT molecular complexity index is 1400. The normalized spacial score (nSPS) is 10.8. The monoisotopic (exact) mass is 482 g/mol. The van der Waals surface area contributed by atoms with E-state index in [2.05, 4.69) is 0 Å². The van der Waals surface area contributed by atoms with Gasteiger partial charge in [0.15, 0.2) is 0 Å². The summed E-state index contributed by atoms with van der Waals surface area (Å²) < 4.78 is 11.9. The third-order valence-corrected chi connectivity index (χ3v) is 5.39. The van der Waals surface area contributed by atoms with Crippen molar-refractivity contribution in [1.29, 1.82) is 0 Å². The molecule has 0 amide bonds. The van der Waals surface area contributed by atoms with Crippen molar-refractivity contribution in [3.8, 4) is 11.5 Å². The van der Waals surface area contributed by atoms with Gasteiger partial charge >= 0.3 is 0 Å². The zero-order chi connectivity index (χ0) is 25.3. The van der Waals surface area contributed by atoms with Crippen molar-refractivity contribution in [2.75, 3.05) is 0 Å². The van der Waals surface area contributed by atoms with Gasteiger partial charge in [-0.3, -0.25) is 20.2 Å². The van der Waals surface area contributed by atoms with Crippen LogP contribution in [0.5, 0.6) is 11.5 Å². The summed E-state index contributed by atoms with van der Waals surface area (Å²) in [5.74, 6) is 0.906. The first-order valence-corrected chi connectivity index (χ1v) is 11.1. The van der Waals surface area contributed by atoms with Crippen LogP contribution < -0.4 is 9.47 Å². The molecule has 0 aliphatic heterocycles. The summed E-state index contributed by atoms with van der Waals surface area (Å²) in [7, 11) is 0. The molecule has 0 saturated carbocycles. The van der Waals surface area contributed by atoms with E-state index in [9.17, 15) is 20.2 Å². The number of rotatable bonds is 10. The molecule has 4 aromatic carbocycles. The Kier molecular flexibility index (Phi) is 7.67. The molecule has 36 heavy (non-hydrogen) atoms. The van der Waals surface area contributed by atoms with Gasteiger partial charge in [-0.15, -0.1) is 0 Å². The minimum atomic E-state index is -0.447. The zero-order valence-electron chi connectivity index (χ0n) is 19.2. The van der Waals surface area contributed by atoms with Gasteiger partial charge in [-0.2, -0.15) is 0 Å². The van der Waals surface area contributed by atoms with Crippen LogP contribution in [0.1, 0.15) is 22.3 Å². The molecule has 4 aromatic rings. The summed E-state index contributed by atoms with van der Waals surface area (Å²) in [5, 5.41) is 22.7. The molecule has 8 heteroatoms. The van der Waals surface area contributed by atoms with Gasteiger partial charge in [-0.1, -0.05) is 66.7 Å². The van der Waals surface area contributed by atoms with Crippen LogP contribution in [0.3, 0.4) is 0 Å². The van der Waals surface area contributed by atoms with E-state index in [1.165, 1.54) is 12.1 Å². The van der Waals surface area contributed by atoms with Crippen LogP contribution >= 0.6 is 0 Å². The van der Waals surface area contributed by atoms with Crippen molar-refractivity contribution in [3.05, 3.63) is 140 Å². The van der Waals surface area contributed by atoms with Crippen LogP contribution in [0, 0.1) is 20.2 Å². The van der Waals surface area contributed by atoms with Crippen LogP contribution in [0.2, 0.25) is 0 Å². The summed E-state index contributed by atoms with van der Waals surface area (Å²) in [5.41, 5.74) is 2.58. The largest absolute Gasteiger partial charge is 0.489 e. The van der Waals surface area contributed by atoms with Crippen LogP contribution in [-0.4, -0.2) is 9.85 Å². The van der Waals surface area contributed by atoms with Crippen molar-refractivity contribution in [2.24, 2.45) is 0 Å². The summed E-state index contributed by atoms with van der Waals surface area (Å²) in [6, 6.07) is 27.7. The Balaban J connectivity index is 1.59. The Morgan fingerprint density at radius 1 is 0.639 bits per heavy atom. The predicted molar refractivity (Wildman–Crippen MR) is 137 cm³/mol. The number of hydrogen-bond donors (Lipinski definition) is 0. The molecule has 0 atom stereocenters. The molecule has 0 saturated heterocycles. The fraction of sp³-hybridized carbons (Fsp3) is 0.0714. The van der Waals surface area contributed by atoms with Crippen molar-refractivity contribution in [3.63, 3.8) is 0 Å². The summed E-state index contributed by atoms with van der Waals surface area (Å²) in [6.07, 6.45) is 3.82. The number of ether oxygens (including phenoxy) is 2. The quantitative estimate of drug-likeness (QED) is 0.139. The number of nitro groups is 2. The van der Waals surface area contributed by atoms with Gasteiger partial charge in [0.2, 0.25) is 0 Å². The van der Waals surface area contributed by atoms with Gasteiger partial charge in [-0.05, 0) is 29.8 Å². The first-order chi connectivity index (χ1) is 17.5. The first-order valence-electron chi connectivity index (χ1n) is 11.1. The van der Waals surface area contributed by atoms with E-state index in [4.69, 9.17) is 9.47 Å². The van der Waals surface area contributed by atoms with Crippen LogP contribution in [0.15, 0.2) is 97.1 Å².